The Kier molecular flexibility index (Phi) is 4.76. The number of aromatic carboxylic acids is 1. The van der Waals surface area contributed by atoms with Crippen molar-refractivity contribution in [3.05, 3.63) is 42.0 Å². The Morgan fingerprint density at radius 1 is 1.09 bits per heavy atom. The van der Waals surface area contributed by atoms with E-state index < -0.39 is 5.97 Å². The van der Waals surface area contributed by atoms with Gasteiger partial charge in [-0.2, -0.15) is 0 Å². The number of thiophene rings is 1. The third-order valence-electron chi connectivity index (χ3n) is 4.23. The van der Waals surface area contributed by atoms with Crippen LogP contribution in [0.2, 0.25) is 0 Å². The molecule has 23 heavy (non-hydrogen) atoms. The minimum atomic E-state index is -1.01. The number of carbonyl (C=O) groups is 2. The molecule has 1 aliphatic carbocycles. The Balaban J connectivity index is 1.84. The fourth-order valence-corrected chi connectivity index (χ4v) is 4.02. The predicted octanol–water partition coefficient (Wildman–Crippen LogP) is 4.63. The number of rotatable bonds is 4. The molecule has 1 amide bonds. The number of hydrogen-bond donors (Lipinski definition) is 2. The van der Waals surface area contributed by atoms with Gasteiger partial charge in [0.2, 0.25) is 5.91 Å². The summed E-state index contributed by atoms with van der Waals surface area (Å²) >= 11 is 1.32. The Hall–Kier alpha value is -2.14. The molecule has 0 radical (unpaired) electrons. The molecule has 1 aromatic heterocycles. The molecule has 0 aliphatic heterocycles. The van der Waals surface area contributed by atoms with Crippen LogP contribution in [0.5, 0.6) is 0 Å². The molecule has 1 aliphatic rings. The quantitative estimate of drug-likeness (QED) is 0.859. The highest BCUT2D eigenvalue weighted by atomic mass is 32.1. The highest BCUT2D eigenvalue weighted by Gasteiger charge is 2.24. The van der Waals surface area contributed by atoms with E-state index in [0.717, 1.165) is 36.1 Å². The van der Waals surface area contributed by atoms with E-state index >= 15 is 0 Å². The summed E-state index contributed by atoms with van der Waals surface area (Å²) in [6.45, 7) is 0. The fourth-order valence-electron chi connectivity index (χ4n) is 2.97. The summed E-state index contributed by atoms with van der Waals surface area (Å²) in [7, 11) is 0. The highest BCUT2D eigenvalue weighted by molar-refractivity contribution is 7.20. The first-order valence-electron chi connectivity index (χ1n) is 7.88. The van der Waals surface area contributed by atoms with E-state index in [1.807, 2.05) is 30.3 Å². The second-order valence-corrected chi connectivity index (χ2v) is 6.90. The zero-order valence-corrected chi connectivity index (χ0v) is 13.6. The van der Waals surface area contributed by atoms with Gasteiger partial charge in [0.15, 0.2) is 0 Å². The zero-order chi connectivity index (χ0) is 16.2. The lowest BCUT2D eigenvalue weighted by Gasteiger charge is -2.20. The summed E-state index contributed by atoms with van der Waals surface area (Å²) < 4.78 is 0. The second kappa shape index (κ2) is 6.96. The molecule has 1 fully saturated rings. The summed E-state index contributed by atoms with van der Waals surface area (Å²) in [5.41, 5.74) is 1.12. The van der Waals surface area contributed by atoms with Gasteiger partial charge in [-0.25, -0.2) is 4.79 Å². The molecule has 1 heterocycles. The van der Waals surface area contributed by atoms with Crippen molar-refractivity contribution in [1.82, 2.24) is 0 Å². The maximum atomic E-state index is 12.4. The summed E-state index contributed by atoms with van der Waals surface area (Å²) in [4.78, 5) is 24.7. The first kappa shape index (κ1) is 15.7. The number of amides is 1. The molecule has 0 atom stereocenters. The number of anilines is 1. The highest BCUT2D eigenvalue weighted by Crippen LogP contribution is 2.36. The zero-order valence-electron chi connectivity index (χ0n) is 12.7. The van der Waals surface area contributed by atoms with E-state index in [4.69, 9.17) is 0 Å². The van der Waals surface area contributed by atoms with Crippen molar-refractivity contribution in [2.45, 2.75) is 32.1 Å². The molecular weight excluding hydrogens is 310 g/mol. The minimum absolute atomic E-state index is 0.00710. The largest absolute Gasteiger partial charge is 0.478 e. The molecule has 0 unspecified atom stereocenters. The van der Waals surface area contributed by atoms with Crippen LogP contribution in [-0.2, 0) is 4.79 Å². The van der Waals surface area contributed by atoms with Crippen LogP contribution in [0.4, 0.5) is 5.00 Å². The Labute approximate surface area is 139 Å². The van der Waals surface area contributed by atoms with E-state index in [0.29, 0.717) is 5.00 Å². The van der Waals surface area contributed by atoms with Gasteiger partial charge in [-0.3, -0.25) is 4.79 Å². The molecule has 3 rings (SSSR count). The molecule has 2 aromatic rings. The van der Waals surface area contributed by atoms with Gasteiger partial charge < -0.3 is 10.4 Å². The average Bonchev–Trinajstić information content (AvgIpc) is 3.00. The Bertz CT molecular complexity index is 702. The second-order valence-electron chi connectivity index (χ2n) is 5.85. The summed E-state index contributed by atoms with van der Waals surface area (Å²) in [5.74, 6) is -1.05. The number of carbonyl (C=O) groups excluding carboxylic acids is 1. The van der Waals surface area contributed by atoms with Crippen LogP contribution in [0.25, 0.3) is 10.4 Å². The van der Waals surface area contributed by atoms with Crippen molar-refractivity contribution in [1.29, 1.82) is 0 Å². The van der Waals surface area contributed by atoms with Crippen molar-refractivity contribution in [2.75, 3.05) is 5.32 Å². The van der Waals surface area contributed by atoms with Gasteiger partial charge in [0.05, 0.1) is 5.56 Å². The molecule has 4 nitrogen and oxygen atoms in total. The number of benzene rings is 1. The summed E-state index contributed by atoms with van der Waals surface area (Å²) in [6.07, 6.45) is 5.12. The molecule has 2 N–H and O–H groups in total. The molecule has 1 aromatic carbocycles. The van der Waals surface area contributed by atoms with E-state index in [1.54, 1.807) is 6.07 Å². The van der Waals surface area contributed by atoms with E-state index in [1.165, 1.54) is 17.8 Å². The third kappa shape index (κ3) is 3.62. The van der Waals surface area contributed by atoms with Crippen molar-refractivity contribution in [2.24, 2.45) is 5.92 Å². The lowest BCUT2D eigenvalue weighted by Crippen LogP contribution is -2.25. The topological polar surface area (TPSA) is 66.4 Å². The van der Waals surface area contributed by atoms with Crippen LogP contribution in [0.15, 0.2) is 36.4 Å². The van der Waals surface area contributed by atoms with Gasteiger partial charge in [0, 0.05) is 10.8 Å². The number of hydrogen-bond acceptors (Lipinski definition) is 3. The molecule has 0 bridgehead atoms. The monoisotopic (exact) mass is 329 g/mol. The van der Waals surface area contributed by atoms with Gasteiger partial charge in [0.1, 0.15) is 5.00 Å². The van der Waals surface area contributed by atoms with Crippen LogP contribution in [0.1, 0.15) is 42.5 Å². The van der Waals surface area contributed by atoms with Gasteiger partial charge in [0.25, 0.3) is 0 Å². The lowest BCUT2D eigenvalue weighted by atomic mass is 9.89. The van der Waals surface area contributed by atoms with Crippen molar-refractivity contribution < 1.29 is 14.7 Å². The van der Waals surface area contributed by atoms with Gasteiger partial charge >= 0.3 is 5.97 Å². The minimum Gasteiger partial charge on any atom is -0.478 e. The van der Waals surface area contributed by atoms with Crippen molar-refractivity contribution in [3.63, 3.8) is 0 Å². The Morgan fingerprint density at radius 3 is 2.43 bits per heavy atom. The number of carboxylic acid groups (broad SMARTS) is 1. The van der Waals surface area contributed by atoms with E-state index in [9.17, 15) is 14.7 Å². The van der Waals surface area contributed by atoms with E-state index in [2.05, 4.69) is 5.32 Å². The van der Waals surface area contributed by atoms with Gasteiger partial charge in [-0.05, 0) is 24.5 Å². The molecule has 1 saturated carbocycles. The molecule has 5 heteroatoms. The van der Waals surface area contributed by atoms with Crippen LogP contribution in [-0.4, -0.2) is 17.0 Å². The summed E-state index contributed by atoms with van der Waals surface area (Å²) in [5, 5.41) is 12.7. The SMILES string of the molecule is O=C(O)c1cc(-c2ccccc2)sc1NC(=O)C1CCCCC1. The van der Waals surface area contributed by atoms with Crippen LogP contribution in [0.3, 0.4) is 0 Å². The first-order valence-corrected chi connectivity index (χ1v) is 8.70. The molecular formula is C18H19NO3S. The molecule has 120 valence electrons. The van der Waals surface area contributed by atoms with Gasteiger partial charge in [-0.15, -0.1) is 11.3 Å². The van der Waals surface area contributed by atoms with Crippen LogP contribution in [0, 0.1) is 5.92 Å². The van der Waals surface area contributed by atoms with Crippen molar-refractivity contribution in [3.8, 4) is 10.4 Å². The third-order valence-corrected chi connectivity index (χ3v) is 5.33. The number of nitrogens with one attached hydrogen (secondary N) is 1. The maximum absolute atomic E-state index is 12.4. The Morgan fingerprint density at radius 2 is 1.78 bits per heavy atom. The fraction of sp³-hybridized carbons (Fsp3) is 0.333. The predicted molar refractivity (Wildman–Crippen MR) is 91.9 cm³/mol. The van der Waals surface area contributed by atoms with Crippen LogP contribution >= 0.6 is 11.3 Å². The first-order chi connectivity index (χ1) is 11.1. The molecule has 0 saturated heterocycles. The van der Waals surface area contributed by atoms with Crippen molar-refractivity contribution >= 4 is 28.2 Å². The maximum Gasteiger partial charge on any atom is 0.338 e. The lowest BCUT2D eigenvalue weighted by molar-refractivity contribution is -0.120. The smallest absolute Gasteiger partial charge is 0.338 e. The summed E-state index contributed by atoms with van der Waals surface area (Å²) in [6, 6.07) is 11.2. The standard InChI is InChI=1S/C18H19NO3S/c20-16(13-9-5-2-6-10-13)19-17-14(18(21)22)11-15(23-17)12-7-3-1-4-8-12/h1,3-4,7-8,11,13H,2,5-6,9-10H2,(H,19,20)(H,21,22). The van der Waals surface area contributed by atoms with E-state index in [-0.39, 0.29) is 17.4 Å². The van der Waals surface area contributed by atoms with Crippen LogP contribution < -0.4 is 5.32 Å². The van der Waals surface area contributed by atoms with Gasteiger partial charge in [-0.1, -0.05) is 49.6 Å². The normalized spacial score (nSPS) is 15.3. The average molecular weight is 329 g/mol. The number of carboxylic acids is 1. The molecule has 0 spiro atoms.